The van der Waals surface area contributed by atoms with E-state index in [1.165, 1.54) is 25.3 Å². The Hall–Kier alpha value is -3.66. The van der Waals surface area contributed by atoms with Gasteiger partial charge in [0.1, 0.15) is 17.8 Å². The summed E-state index contributed by atoms with van der Waals surface area (Å²) in [7, 11) is 1.49. The highest BCUT2D eigenvalue weighted by molar-refractivity contribution is 6.08. The summed E-state index contributed by atoms with van der Waals surface area (Å²) in [6, 6.07) is 19.5. The minimum atomic E-state index is -0.302. The second kappa shape index (κ2) is 8.15. The lowest BCUT2D eigenvalue weighted by Crippen LogP contribution is -1.95. The molecule has 0 atom stereocenters. The number of hydrogen-bond acceptors (Lipinski definition) is 4. The van der Waals surface area contributed by atoms with E-state index in [1.807, 2.05) is 42.5 Å². The molecule has 27 heavy (non-hydrogen) atoms. The van der Waals surface area contributed by atoms with Crippen LogP contribution in [0, 0.1) is 0 Å². The molecule has 0 aliphatic carbocycles. The number of phenolic OH excluding ortho intramolecular Hbond substituents is 1. The van der Waals surface area contributed by atoms with Crippen LogP contribution in [0.3, 0.4) is 0 Å². The van der Waals surface area contributed by atoms with Gasteiger partial charge in [0.25, 0.3) is 0 Å². The first-order valence-corrected chi connectivity index (χ1v) is 8.36. The largest absolute Gasteiger partial charge is 0.507 e. The molecular formula is C23H18O4. The van der Waals surface area contributed by atoms with E-state index in [9.17, 15) is 14.7 Å². The Bertz CT molecular complexity index is 1020. The lowest BCUT2D eigenvalue weighted by atomic mass is 10.0. The quantitative estimate of drug-likeness (QED) is 0.391. The average Bonchev–Trinajstić information content (AvgIpc) is 2.72. The van der Waals surface area contributed by atoms with Gasteiger partial charge in [0.15, 0.2) is 5.78 Å². The molecule has 0 fully saturated rings. The summed E-state index contributed by atoms with van der Waals surface area (Å²) in [5.74, 6) is 0.0604. The van der Waals surface area contributed by atoms with E-state index in [2.05, 4.69) is 0 Å². The van der Waals surface area contributed by atoms with Crippen molar-refractivity contribution in [3.05, 3.63) is 89.5 Å². The monoisotopic (exact) mass is 358 g/mol. The fourth-order valence-corrected chi connectivity index (χ4v) is 2.72. The predicted molar refractivity (Wildman–Crippen MR) is 105 cm³/mol. The van der Waals surface area contributed by atoms with Crippen LogP contribution in [0.15, 0.2) is 72.8 Å². The molecule has 0 aliphatic heterocycles. The fraction of sp³-hybridized carbons (Fsp3) is 0.0435. The number of rotatable bonds is 6. The number of phenols is 1. The van der Waals surface area contributed by atoms with Crippen LogP contribution in [-0.4, -0.2) is 24.3 Å². The van der Waals surface area contributed by atoms with E-state index < -0.39 is 0 Å². The third kappa shape index (κ3) is 4.30. The molecule has 0 radical (unpaired) electrons. The molecule has 1 N–H and O–H groups in total. The fourth-order valence-electron chi connectivity index (χ4n) is 2.72. The molecule has 0 saturated heterocycles. The van der Waals surface area contributed by atoms with Gasteiger partial charge in [-0.15, -0.1) is 0 Å². The van der Waals surface area contributed by atoms with Crippen LogP contribution in [0.5, 0.6) is 11.5 Å². The van der Waals surface area contributed by atoms with E-state index in [4.69, 9.17) is 4.74 Å². The first-order chi connectivity index (χ1) is 13.1. The normalized spacial score (nSPS) is 10.7. The van der Waals surface area contributed by atoms with Gasteiger partial charge in [0.05, 0.1) is 12.7 Å². The second-order valence-corrected chi connectivity index (χ2v) is 5.95. The molecule has 0 heterocycles. The molecule has 3 aromatic rings. The molecule has 4 heteroatoms. The van der Waals surface area contributed by atoms with Crippen LogP contribution in [0.4, 0.5) is 0 Å². The SMILES string of the molecule is COc1ccc(C(=O)/C=C/c2cccc(-c3cccc(C=O)c3)c2)c(O)c1. The van der Waals surface area contributed by atoms with Gasteiger partial charge in [0, 0.05) is 11.6 Å². The van der Waals surface area contributed by atoms with Crippen molar-refractivity contribution in [1.29, 1.82) is 0 Å². The second-order valence-electron chi connectivity index (χ2n) is 5.95. The molecule has 0 aliphatic rings. The molecule has 3 rings (SSSR count). The van der Waals surface area contributed by atoms with Crippen LogP contribution < -0.4 is 4.74 Å². The summed E-state index contributed by atoms with van der Waals surface area (Å²) >= 11 is 0. The molecule has 0 aromatic heterocycles. The number of carbonyl (C=O) groups excluding carboxylic acids is 2. The Morgan fingerprint density at radius 2 is 1.59 bits per heavy atom. The summed E-state index contributed by atoms with van der Waals surface area (Å²) in [5.41, 5.74) is 3.53. The molecule has 3 aromatic carbocycles. The van der Waals surface area contributed by atoms with Gasteiger partial charge >= 0.3 is 0 Å². The number of ketones is 1. The van der Waals surface area contributed by atoms with Gasteiger partial charge in [-0.1, -0.05) is 42.5 Å². The Labute approximate surface area is 157 Å². The maximum absolute atomic E-state index is 12.4. The summed E-state index contributed by atoms with van der Waals surface area (Å²) in [5, 5.41) is 9.97. The number of ether oxygens (including phenoxy) is 1. The van der Waals surface area contributed by atoms with Gasteiger partial charge in [-0.25, -0.2) is 0 Å². The number of hydrogen-bond donors (Lipinski definition) is 1. The van der Waals surface area contributed by atoms with Crippen LogP contribution in [0.25, 0.3) is 17.2 Å². The maximum Gasteiger partial charge on any atom is 0.189 e. The molecule has 0 spiro atoms. The van der Waals surface area contributed by atoms with Crippen molar-refractivity contribution in [3.63, 3.8) is 0 Å². The van der Waals surface area contributed by atoms with E-state index in [-0.39, 0.29) is 17.1 Å². The van der Waals surface area contributed by atoms with Gasteiger partial charge in [0.2, 0.25) is 0 Å². The molecule has 134 valence electrons. The van der Waals surface area contributed by atoms with E-state index in [1.54, 1.807) is 18.2 Å². The van der Waals surface area contributed by atoms with Gasteiger partial charge in [-0.3, -0.25) is 9.59 Å². The first kappa shape index (κ1) is 18.1. The molecule has 0 bridgehead atoms. The average molecular weight is 358 g/mol. The summed E-state index contributed by atoms with van der Waals surface area (Å²) in [4.78, 5) is 23.3. The van der Waals surface area contributed by atoms with Crippen LogP contribution >= 0.6 is 0 Å². The highest BCUT2D eigenvalue weighted by Crippen LogP contribution is 2.25. The topological polar surface area (TPSA) is 63.6 Å². The van der Waals surface area contributed by atoms with Gasteiger partial charge < -0.3 is 9.84 Å². The molecule has 4 nitrogen and oxygen atoms in total. The molecule has 0 unspecified atom stereocenters. The van der Waals surface area contributed by atoms with E-state index in [0.29, 0.717) is 11.3 Å². The number of aldehydes is 1. The number of allylic oxidation sites excluding steroid dienone is 1. The number of aromatic hydroxyl groups is 1. The van der Waals surface area contributed by atoms with Crippen LogP contribution in [-0.2, 0) is 0 Å². The summed E-state index contributed by atoms with van der Waals surface area (Å²) in [6.07, 6.45) is 3.93. The minimum Gasteiger partial charge on any atom is -0.507 e. The van der Waals surface area contributed by atoms with E-state index >= 15 is 0 Å². The maximum atomic E-state index is 12.4. The summed E-state index contributed by atoms with van der Waals surface area (Å²) < 4.78 is 5.02. The number of carbonyl (C=O) groups is 2. The number of methoxy groups -OCH3 is 1. The van der Waals surface area contributed by atoms with Crippen LogP contribution in [0.2, 0.25) is 0 Å². The molecule has 0 amide bonds. The van der Waals surface area contributed by atoms with Gasteiger partial charge in [-0.05, 0) is 47.0 Å². The zero-order valence-electron chi connectivity index (χ0n) is 14.8. The Kier molecular flexibility index (Phi) is 5.47. The highest BCUT2D eigenvalue weighted by atomic mass is 16.5. The predicted octanol–water partition coefficient (Wildman–Crippen LogP) is 4.78. The number of benzene rings is 3. The first-order valence-electron chi connectivity index (χ1n) is 8.36. The summed E-state index contributed by atoms with van der Waals surface area (Å²) in [6.45, 7) is 0. The van der Waals surface area contributed by atoms with E-state index in [0.717, 1.165) is 23.0 Å². The molecule has 0 saturated carbocycles. The Morgan fingerprint density at radius 1 is 0.926 bits per heavy atom. The minimum absolute atomic E-state index is 0.122. The Balaban J connectivity index is 1.83. The smallest absolute Gasteiger partial charge is 0.189 e. The van der Waals surface area contributed by atoms with Crippen LogP contribution in [0.1, 0.15) is 26.3 Å². The third-order valence-corrected chi connectivity index (χ3v) is 4.14. The standard InChI is InChI=1S/C23H18O4/c1-27-20-9-10-21(23(26)14-20)22(25)11-8-16-4-2-6-18(12-16)19-7-3-5-17(13-19)15-24/h2-15,26H,1H3/b11-8+. The third-order valence-electron chi connectivity index (χ3n) is 4.14. The Morgan fingerprint density at radius 3 is 2.22 bits per heavy atom. The van der Waals surface area contributed by atoms with Crippen molar-refractivity contribution in [2.75, 3.05) is 7.11 Å². The van der Waals surface area contributed by atoms with Crippen molar-refractivity contribution in [2.45, 2.75) is 0 Å². The van der Waals surface area contributed by atoms with Crippen molar-refractivity contribution in [2.24, 2.45) is 0 Å². The van der Waals surface area contributed by atoms with Crippen molar-refractivity contribution < 1.29 is 19.4 Å². The molecular weight excluding hydrogens is 340 g/mol. The van der Waals surface area contributed by atoms with Crippen molar-refractivity contribution in [1.82, 2.24) is 0 Å². The van der Waals surface area contributed by atoms with Crippen molar-refractivity contribution in [3.8, 4) is 22.6 Å². The lowest BCUT2D eigenvalue weighted by molar-refractivity contribution is 0.104. The van der Waals surface area contributed by atoms with Gasteiger partial charge in [-0.2, -0.15) is 0 Å². The zero-order chi connectivity index (χ0) is 19.2. The van der Waals surface area contributed by atoms with Crippen molar-refractivity contribution >= 4 is 18.1 Å². The lowest BCUT2D eigenvalue weighted by Gasteiger charge is -2.05. The zero-order valence-corrected chi connectivity index (χ0v) is 14.8. The highest BCUT2D eigenvalue weighted by Gasteiger charge is 2.09.